The summed E-state index contributed by atoms with van der Waals surface area (Å²) in [5.74, 6) is 2.52. The summed E-state index contributed by atoms with van der Waals surface area (Å²) in [6, 6.07) is 12.7. The molecule has 25 heavy (non-hydrogen) atoms. The van der Waals surface area contributed by atoms with E-state index < -0.39 is 0 Å². The van der Waals surface area contributed by atoms with Crippen molar-refractivity contribution in [3.8, 4) is 35.1 Å². The largest absolute Gasteiger partial charge is 0.497 e. The molecule has 0 radical (unpaired) electrons. The van der Waals surface area contributed by atoms with Crippen LogP contribution in [0.25, 0.3) is 0 Å². The van der Waals surface area contributed by atoms with Crippen LogP contribution in [0.1, 0.15) is 16.7 Å². The van der Waals surface area contributed by atoms with Crippen LogP contribution in [0.2, 0.25) is 0 Å². The summed E-state index contributed by atoms with van der Waals surface area (Å²) in [6.45, 7) is 1.99. The Bertz CT molecular complexity index is 763. The molecule has 0 saturated heterocycles. The first-order chi connectivity index (χ1) is 12.1. The van der Waals surface area contributed by atoms with Crippen molar-refractivity contribution in [2.24, 2.45) is 0 Å². The van der Waals surface area contributed by atoms with Crippen molar-refractivity contribution in [3.63, 3.8) is 0 Å². The summed E-state index contributed by atoms with van der Waals surface area (Å²) >= 11 is 0. The Balaban J connectivity index is 0.000000257. The van der Waals surface area contributed by atoms with E-state index in [2.05, 4.69) is 0 Å². The molecular weight excluding hydrogens is 320 g/mol. The van der Waals surface area contributed by atoms with Crippen molar-refractivity contribution < 1.29 is 18.9 Å². The zero-order valence-corrected chi connectivity index (χ0v) is 14.9. The molecule has 0 unspecified atom stereocenters. The lowest BCUT2D eigenvalue weighted by molar-refractivity contribution is 0.400. The fourth-order valence-electron chi connectivity index (χ4n) is 2.10. The number of hydrogen-bond acceptors (Lipinski definition) is 6. The van der Waals surface area contributed by atoms with E-state index in [0.29, 0.717) is 11.5 Å². The molecule has 6 nitrogen and oxygen atoms in total. The minimum Gasteiger partial charge on any atom is -0.497 e. The third kappa shape index (κ3) is 4.79. The summed E-state index contributed by atoms with van der Waals surface area (Å²) in [5, 5.41) is 17.7. The molecule has 0 N–H and O–H groups in total. The number of nitriles is 2. The van der Waals surface area contributed by atoms with E-state index in [9.17, 15) is 0 Å². The Hall–Kier alpha value is -3.38. The summed E-state index contributed by atoms with van der Waals surface area (Å²) in [4.78, 5) is 0. The molecule has 130 valence electrons. The topological polar surface area (TPSA) is 84.5 Å². The molecule has 2 rings (SSSR count). The van der Waals surface area contributed by atoms with Crippen molar-refractivity contribution in [2.75, 3.05) is 28.4 Å². The van der Waals surface area contributed by atoms with Crippen LogP contribution in [0.5, 0.6) is 23.0 Å². The molecule has 0 aliphatic carbocycles. The maximum Gasteiger partial charge on any atom is 0.138 e. The first-order valence-corrected chi connectivity index (χ1v) is 7.30. The highest BCUT2D eigenvalue weighted by atomic mass is 16.5. The van der Waals surface area contributed by atoms with Gasteiger partial charge in [0.25, 0.3) is 0 Å². The van der Waals surface area contributed by atoms with Gasteiger partial charge in [-0.1, -0.05) is 0 Å². The summed E-state index contributed by atoms with van der Waals surface area (Å²) in [7, 11) is 6.21. The molecule has 2 aromatic rings. The highest BCUT2D eigenvalue weighted by molar-refractivity contribution is 5.60. The van der Waals surface area contributed by atoms with Gasteiger partial charge in [0, 0.05) is 0 Å². The minimum absolute atomic E-state index is 0.203. The van der Waals surface area contributed by atoms with E-state index in [1.165, 1.54) is 14.2 Å². The van der Waals surface area contributed by atoms with Gasteiger partial charge in [0.05, 0.1) is 28.4 Å². The molecule has 0 aliphatic heterocycles. The Morgan fingerprint density at radius 1 is 0.680 bits per heavy atom. The SMILES string of the molecule is COc1ccc(OC)c(C#N)c1C#N.COc1ccc(OC)c(C)c1. The molecule has 0 atom stereocenters. The van der Waals surface area contributed by atoms with Gasteiger partial charge in [-0.15, -0.1) is 0 Å². The number of hydrogen-bond donors (Lipinski definition) is 0. The van der Waals surface area contributed by atoms with Crippen LogP contribution in [0.4, 0.5) is 0 Å². The Labute approximate surface area is 147 Å². The predicted molar refractivity (Wildman–Crippen MR) is 93.3 cm³/mol. The maximum absolute atomic E-state index is 8.84. The van der Waals surface area contributed by atoms with Crippen molar-refractivity contribution in [1.82, 2.24) is 0 Å². The number of methoxy groups -OCH3 is 4. The number of benzene rings is 2. The normalized spacial score (nSPS) is 8.92. The van der Waals surface area contributed by atoms with E-state index in [1.54, 1.807) is 26.4 Å². The molecule has 0 spiro atoms. The molecule has 0 amide bonds. The Morgan fingerprint density at radius 3 is 1.44 bits per heavy atom. The van der Waals surface area contributed by atoms with E-state index in [4.69, 9.17) is 29.5 Å². The molecule has 0 bridgehead atoms. The van der Waals surface area contributed by atoms with Gasteiger partial charge in [-0.05, 0) is 42.8 Å². The van der Waals surface area contributed by atoms with Gasteiger partial charge >= 0.3 is 0 Å². The molecule has 6 heteroatoms. The van der Waals surface area contributed by atoms with Crippen LogP contribution >= 0.6 is 0 Å². The second-order valence-electron chi connectivity index (χ2n) is 4.78. The van der Waals surface area contributed by atoms with Crippen LogP contribution in [-0.4, -0.2) is 28.4 Å². The monoisotopic (exact) mass is 340 g/mol. The van der Waals surface area contributed by atoms with E-state index >= 15 is 0 Å². The quantitative estimate of drug-likeness (QED) is 0.847. The minimum atomic E-state index is 0.203. The number of ether oxygens (including phenoxy) is 4. The molecule has 0 heterocycles. The molecular formula is C19H20N2O4. The lowest BCUT2D eigenvalue weighted by Gasteiger charge is -2.07. The lowest BCUT2D eigenvalue weighted by Crippen LogP contribution is -1.95. The van der Waals surface area contributed by atoms with Crippen molar-refractivity contribution in [1.29, 1.82) is 10.5 Å². The number of nitrogens with zero attached hydrogens (tertiary/aromatic N) is 2. The van der Waals surface area contributed by atoms with E-state index in [-0.39, 0.29) is 11.1 Å². The van der Waals surface area contributed by atoms with Crippen molar-refractivity contribution >= 4 is 0 Å². The third-order valence-corrected chi connectivity index (χ3v) is 3.39. The standard InChI is InChI=1S/C10H8N2O2.C9H12O2/c1-13-9-3-4-10(14-2)8(6-12)7(9)5-11;1-7-6-8(10-2)4-5-9(7)11-3/h3-4H,1-2H3;4-6H,1-3H3. The first kappa shape index (κ1) is 19.7. The van der Waals surface area contributed by atoms with Crippen molar-refractivity contribution in [3.05, 3.63) is 47.0 Å². The lowest BCUT2D eigenvalue weighted by atomic mass is 10.1. The van der Waals surface area contributed by atoms with E-state index in [0.717, 1.165) is 17.1 Å². The van der Waals surface area contributed by atoms with Gasteiger partial charge < -0.3 is 18.9 Å². The summed E-state index contributed by atoms with van der Waals surface area (Å²) < 4.78 is 20.0. The average molecular weight is 340 g/mol. The highest BCUT2D eigenvalue weighted by Crippen LogP contribution is 2.28. The fourth-order valence-corrected chi connectivity index (χ4v) is 2.10. The van der Waals surface area contributed by atoms with Gasteiger partial charge in [-0.25, -0.2) is 0 Å². The average Bonchev–Trinajstić information content (AvgIpc) is 2.66. The fraction of sp³-hybridized carbons (Fsp3) is 0.263. The Morgan fingerprint density at radius 2 is 1.12 bits per heavy atom. The number of rotatable bonds is 4. The van der Waals surface area contributed by atoms with Gasteiger partial charge in [0.2, 0.25) is 0 Å². The van der Waals surface area contributed by atoms with Crippen LogP contribution in [0.3, 0.4) is 0 Å². The van der Waals surface area contributed by atoms with Crippen LogP contribution in [0.15, 0.2) is 30.3 Å². The van der Waals surface area contributed by atoms with E-state index in [1.807, 2.05) is 37.3 Å². The molecule has 0 saturated carbocycles. The van der Waals surface area contributed by atoms with Gasteiger partial charge in [-0.3, -0.25) is 0 Å². The van der Waals surface area contributed by atoms with Gasteiger partial charge in [-0.2, -0.15) is 10.5 Å². The zero-order chi connectivity index (χ0) is 18.8. The second-order valence-corrected chi connectivity index (χ2v) is 4.78. The van der Waals surface area contributed by atoms with Gasteiger partial charge in [0.15, 0.2) is 0 Å². The van der Waals surface area contributed by atoms with Crippen LogP contribution < -0.4 is 18.9 Å². The number of aryl methyl sites for hydroxylation is 1. The molecule has 2 aromatic carbocycles. The molecule has 0 aliphatic rings. The third-order valence-electron chi connectivity index (χ3n) is 3.39. The zero-order valence-electron chi connectivity index (χ0n) is 14.9. The molecule has 0 fully saturated rings. The van der Waals surface area contributed by atoms with Crippen molar-refractivity contribution in [2.45, 2.75) is 6.92 Å². The Kier molecular flexibility index (Phi) is 7.62. The van der Waals surface area contributed by atoms with Gasteiger partial charge in [0.1, 0.15) is 46.3 Å². The van der Waals surface area contributed by atoms with Crippen LogP contribution in [-0.2, 0) is 0 Å². The predicted octanol–water partition coefficient (Wildman–Crippen LogP) is 3.46. The highest BCUT2D eigenvalue weighted by Gasteiger charge is 2.13. The molecule has 0 aromatic heterocycles. The maximum atomic E-state index is 8.84. The summed E-state index contributed by atoms with van der Waals surface area (Å²) in [5.41, 5.74) is 1.50. The smallest absolute Gasteiger partial charge is 0.138 e. The second kappa shape index (κ2) is 9.69. The van der Waals surface area contributed by atoms with Crippen LogP contribution in [0, 0.1) is 29.6 Å². The summed E-state index contributed by atoms with van der Waals surface area (Å²) in [6.07, 6.45) is 0. The first-order valence-electron chi connectivity index (χ1n) is 7.30.